The van der Waals surface area contributed by atoms with Crippen LogP contribution in [-0.4, -0.2) is 48.2 Å². The number of methoxy groups -OCH3 is 2. The first kappa shape index (κ1) is 24.4. The van der Waals surface area contributed by atoms with Crippen molar-refractivity contribution >= 4 is 28.3 Å². The van der Waals surface area contributed by atoms with Crippen LogP contribution in [-0.2, 0) is 0 Å². The number of thiazole rings is 1. The first-order valence-corrected chi connectivity index (χ1v) is 10.7. The van der Waals surface area contributed by atoms with Crippen LogP contribution in [0.15, 0.2) is 17.5 Å². The second kappa shape index (κ2) is 9.97. The number of carbonyl (C=O) groups is 2. The van der Waals surface area contributed by atoms with Crippen LogP contribution in [0.1, 0.15) is 48.5 Å². The number of rotatable bonds is 9. The Morgan fingerprint density at radius 2 is 1.71 bits per heavy atom. The molecule has 0 unspecified atom stereocenters. The Balaban J connectivity index is 2.09. The van der Waals surface area contributed by atoms with Crippen LogP contribution >= 0.6 is 11.3 Å². The fraction of sp³-hybridized carbons (Fsp3) is 0.476. The average molecular weight is 451 g/mol. The summed E-state index contributed by atoms with van der Waals surface area (Å²) in [5.74, 6) is -0.304. The van der Waals surface area contributed by atoms with Gasteiger partial charge in [0, 0.05) is 29.6 Å². The molecule has 170 valence electrons. The van der Waals surface area contributed by atoms with E-state index in [9.17, 15) is 14.7 Å². The lowest BCUT2D eigenvalue weighted by Gasteiger charge is -2.37. The van der Waals surface area contributed by atoms with Gasteiger partial charge in [0.25, 0.3) is 11.8 Å². The molecule has 0 fully saturated rings. The molecular weight excluding hydrogens is 420 g/mol. The van der Waals surface area contributed by atoms with E-state index in [0.29, 0.717) is 18.0 Å². The number of benzene rings is 1. The molecule has 1 aromatic heterocycles. The summed E-state index contributed by atoms with van der Waals surface area (Å²) >= 11 is 1.10. The van der Waals surface area contributed by atoms with E-state index in [2.05, 4.69) is 15.6 Å². The highest BCUT2D eigenvalue weighted by atomic mass is 32.1. The summed E-state index contributed by atoms with van der Waals surface area (Å²) in [5, 5.41) is 17.3. The third-order valence-corrected chi connectivity index (χ3v) is 6.17. The monoisotopic (exact) mass is 450 g/mol. The minimum absolute atomic E-state index is 0.0133. The van der Waals surface area contributed by atoms with Crippen molar-refractivity contribution in [1.82, 2.24) is 10.3 Å². The molecule has 5 N–H and O–H groups in total. The predicted molar refractivity (Wildman–Crippen MR) is 120 cm³/mol. The number of aromatic hydroxyl groups is 1. The van der Waals surface area contributed by atoms with E-state index in [4.69, 9.17) is 15.2 Å². The lowest BCUT2D eigenvalue weighted by Crippen LogP contribution is -2.57. The molecule has 0 saturated carbocycles. The maximum absolute atomic E-state index is 12.6. The Kier molecular flexibility index (Phi) is 7.85. The number of hydrogen-bond acceptors (Lipinski definition) is 8. The molecule has 1 aromatic carbocycles. The van der Waals surface area contributed by atoms with E-state index >= 15 is 0 Å². The number of nitrogens with two attached hydrogens (primary N) is 1. The van der Waals surface area contributed by atoms with Crippen LogP contribution in [0.3, 0.4) is 0 Å². The van der Waals surface area contributed by atoms with Crippen molar-refractivity contribution < 1.29 is 24.2 Å². The Labute approximate surface area is 186 Å². The summed E-state index contributed by atoms with van der Waals surface area (Å²) in [6.45, 7) is 8.39. The zero-order valence-corrected chi connectivity index (χ0v) is 19.4. The van der Waals surface area contributed by atoms with Crippen LogP contribution in [0.5, 0.6) is 17.2 Å². The van der Waals surface area contributed by atoms with Crippen molar-refractivity contribution in [3.8, 4) is 17.2 Å². The maximum atomic E-state index is 12.6. The largest absolute Gasteiger partial charge is 0.507 e. The van der Waals surface area contributed by atoms with Crippen molar-refractivity contribution in [1.29, 1.82) is 0 Å². The van der Waals surface area contributed by atoms with Gasteiger partial charge in [0.2, 0.25) is 0 Å². The average Bonchev–Trinajstić information content (AvgIpc) is 3.19. The summed E-state index contributed by atoms with van der Waals surface area (Å²) in [6.07, 6.45) is 0. The molecule has 0 bridgehead atoms. The quantitative estimate of drug-likeness (QED) is 0.461. The fourth-order valence-corrected chi connectivity index (χ4v) is 3.73. The van der Waals surface area contributed by atoms with Crippen molar-refractivity contribution in [2.45, 2.75) is 33.2 Å². The fourth-order valence-electron chi connectivity index (χ4n) is 3.05. The number of amides is 2. The van der Waals surface area contributed by atoms with E-state index in [0.717, 1.165) is 11.3 Å². The van der Waals surface area contributed by atoms with E-state index in [1.807, 2.05) is 27.7 Å². The van der Waals surface area contributed by atoms with Gasteiger partial charge in [-0.2, -0.15) is 0 Å². The highest BCUT2D eigenvalue weighted by molar-refractivity contribution is 7.14. The number of hydrogen-bond donors (Lipinski definition) is 4. The molecule has 9 nitrogen and oxygen atoms in total. The van der Waals surface area contributed by atoms with Gasteiger partial charge in [0.05, 0.1) is 19.8 Å². The number of carbonyl (C=O) groups excluding carboxylic acids is 2. The third-order valence-electron chi connectivity index (χ3n) is 5.41. The third kappa shape index (κ3) is 5.45. The summed E-state index contributed by atoms with van der Waals surface area (Å²) in [7, 11) is 2.85. The summed E-state index contributed by atoms with van der Waals surface area (Å²) in [6, 6.07) is 2.65. The van der Waals surface area contributed by atoms with Crippen molar-refractivity contribution in [2.75, 3.05) is 26.1 Å². The second-order valence-electron chi connectivity index (χ2n) is 7.82. The van der Waals surface area contributed by atoms with E-state index < -0.39 is 11.4 Å². The molecule has 0 radical (unpaired) electrons. The topological polar surface area (TPSA) is 136 Å². The Morgan fingerprint density at radius 1 is 1.13 bits per heavy atom. The van der Waals surface area contributed by atoms with Crippen molar-refractivity contribution in [3.63, 3.8) is 0 Å². The predicted octanol–water partition coefficient (Wildman–Crippen LogP) is 2.86. The lowest BCUT2D eigenvalue weighted by atomic mass is 9.78. The highest BCUT2D eigenvalue weighted by Gasteiger charge is 2.33. The number of aromatic nitrogens is 1. The van der Waals surface area contributed by atoms with Gasteiger partial charge in [-0.25, -0.2) is 4.98 Å². The molecular formula is C21H30N4O5S. The van der Waals surface area contributed by atoms with Gasteiger partial charge in [-0.3, -0.25) is 14.9 Å². The summed E-state index contributed by atoms with van der Waals surface area (Å²) < 4.78 is 10.3. The molecule has 0 spiro atoms. The smallest absolute Gasteiger partial charge is 0.270 e. The van der Waals surface area contributed by atoms with E-state index in [-0.39, 0.29) is 39.9 Å². The van der Waals surface area contributed by atoms with Crippen LogP contribution in [0.4, 0.5) is 5.13 Å². The zero-order valence-electron chi connectivity index (χ0n) is 18.6. The van der Waals surface area contributed by atoms with Crippen LogP contribution < -0.4 is 25.8 Å². The maximum Gasteiger partial charge on any atom is 0.270 e. The molecule has 1 heterocycles. The number of nitrogens with one attached hydrogen (secondary N) is 2. The number of nitrogens with zero attached hydrogens (tertiary/aromatic N) is 1. The van der Waals surface area contributed by atoms with Gasteiger partial charge in [-0.15, -0.1) is 11.3 Å². The number of phenolic OH excluding ortho intramolecular Hbond substituents is 1. The first-order valence-electron chi connectivity index (χ1n) is 9.82. The molecule has 2 aromatic rings. The first-order chi connectivity index (χ1) is 14.5. The standard InChI is InChI=1S/C21H30N4O5S/c1-11(2)21(22,12(3)4)10-23-19(28)14-9-31-20(24-14)25-18(27)13-7-16(29-5)17(30-6)8-15(13)26/h7-9,11-12,26H,10,22H2,1-6H3,(H,23,28)(H,24,25,27). The number of ether oxygens (including phenoxy) is 2. The van der Waals surface area contributed by atoms with Crippen molar-refractivity contribution in [2.24, 2.45) is 17.6 Å². The Morgan fingerprint density at radius 3 is 2.26 bits per heavy atom. The molecule has 2 amide bonds. The van der Waals surface area contributed by atoms with Crippen LogP contribution in [0, 0.1) is 11.8 Å². The molecule has 2 rings (SSSR count). The highest BCUT2D eigenvalue weighted by Crippen LogP contribution is 2.34. The number of anilines is 1. The normalized spacial score (nSPS) is 11.5. The van der Waals surface area contributed by atoms with Crippen LogP contribution in [0.2, 0.25) is 0 Å². The van der Waals surface area contributed by atoms with E-state index in [1.54, 1.807) is 5.38 Å². The molecule has 0 aliphatic rings. The second-order valence-corrected chi connectivity index (χ2v) is 8.68. The SMILES string of the molecule is COc1cc(O)c(C(=O)Nc2nc(C(=O)NCC(N)(C(C)C)C(C)C)cs2)cc1OC. The lowest BCUT2D eigenvalue weighted by molar-refractivity contribution is 0.0920. The van der Waals surface area contributed by atoms with Gasteiger partial charge in [-0.05, 0) is 11.8 Å². The molecule has 0 aliphatic carbocycles. The number of phenols is 1. The van der Waals surface area contributed by atoms with Gasteiger partial charge >= 0.3 is 0 Å². The molecule has 31 heavy (non-hydrogen) atoms. The molecule has 0 aliphatic heterocycles. The van der Waals surface area contributed by atoms with Crippen molar-refractivity contribution in [3.05, 3.63) is 28.8 Å². The van der Waals surface area contributed by atoms with Gasteiger partial charge in [-0.1, -0.05) is 27.7 Å². The van der Waals surface area contributed by atoms with Gasteiger partial charge < -0.3 is 25.6 Å². The molecule has 10 heteroatoms. The van der Waals surface area contributed by atoms with Crippen LogP contribution in [0.25, 0.3) is 0 Å². The minimum atomic E-state index is -0.597. The summed E-state index contributed by atoms with van der Waals surface area (Å²) in [4.78, 5) is 29.2. The Bertz CT molecular complexity index is 934. The summed E-state index contributed by atoms with van der Waals surface area (Å²) in [5.41, 5.74) is 6.08. The Hall–Kier alpha value is -2.85. The minimum Gasteiger partial charge on any atom is -0.507 e. The zero-order chi connectivity index (χ0) is 23.3. The van der Waals surface area contributed by atoms with Gasteiger partial charge in [0.15, 0.2) is 16.6 Å². The molecule has 0 atom stereocenters. The molecule has 0 saturated heterocycles. The van der Waals surface area contributed by atoms with E-state index in [1.165, 1.54) is 26.4 Å². The van der Waals surface area contributed by atoms with Gasteiger partial charge in [0.1, 0.15) is 11.4 Å².